The Hall–Kier alpha value is -4.05. The second-order valence-electron chi connectivity index (χ2n) is 6.78. The van der Waals surface area contributed by atoms with Gasteiger partial charge in [-0.3, -0.25) is 5.10 Å². The predicted molar refractivity (Wildman–Crippen MR) is 122 cm³/mol. The van der Waals surface area contributed by atoms with Gasteiger partial charge in [-0.25, -0.2) is 4.98 Å². The molecule has 0 bridgehead atoms. The lowest BCUT2D eigenvalue weighted by Gasteiger charge is -2.14. The van der Waals surface area contributed by atoms with Crippen LogP contribution in [0.2, 0.25) is 0 Å². The van der Waals surface area contributed by atoms with E-state index in [0.29, 0.717) is 33.2 Å². The number of thioether (sulfide) groups is 1. The summed E-state index contributed by atoms with van der Waals surface area (Å²) < 4.78 is 5.39. The van der Waals surface area contributed by atoms with E-state index >= 15 is 0 Å². The van der Waals surface area contributed by atoms with E-state index < -0.39 is 0 Å². The van der Waals surface area contributed by atoms with Crippen molar-refractivity contribution < 1.29 is 9.84 Å². The van der Waals surface area contributed by atoms with Crippen LogP contribution in [0.3, 0.4) is 0 Å². The number of nitrogens with zero attached hydrogens (tertiary/aromatic N) is 4. The van der Waals surface area contributed by atoms with Gasteiger partial charge in [0.2, 0.25) is 0 Å². The van der Waals surface area contributed by atoms with E-state index in [4.69, 9.17) is 15.6 Å². The zero-order valence-corrected chi connectivity index (χ0v) is 17.7. The molecule has 32 heavy (non-hydrogen) atoms. The van der Waals surface area contributed by atoms with Gasteiger partial charge >= 0.3 is 0 Å². The van der Waals surface area contributed by atoms with E-state index in [-0.39, 0.29) is 24.6 Å². The second kappa shape index (κ2) is 9.40. The zero-order chi connectivity index (χ0) is 22.5. The lowest BCUT2D eigenvalue weighted by Crippen LogP contribution is -2.04. The first-order valence-corrected chi connectivity index (χ1v) is 10.7. The van der Waals surface area contributed by atoms with Crippen LogP contribution in [0.25, 0.3) is 22.0 Å². The van der Waals surface area contributed by atoms with Crippen molar-refractivity contribution in [2.45, 2.75) is 10.8 Å². The number of nitrogens with two attached hydrogens (primary N) is 1. The molecule has 0 aliphatic heterocycles. The van der Waals surface area contributed by atoms with E-state index in [1.165, 1.54) is 11.8 Å². The predicted octanol–water partition coefficient (Wildman–Crippen LogP) is 3.61. The number of aromatic nitrogens is 3. The van der Waals surface area contributed by atoms with Gasteiger partial charge in [0.15, 0.2) is 0 Å². The van der Waals surface area contributed by atoms with Crippen molar-refractivity contribution in [1.82, 2.24) is 15.2 Å². The number of anilines is 1. The van der Waals surface area contributed by atoms with Gasteiger partial charge in [0, 0.05) is 16.7 Å². The van der Waals surface area contributed by atoms with Gasteiger partial charge in [-0.2, -0.15) is 15.6 Å². The first-order chi connectivity index (χ1) is 15.7. The minimum atomic E-state index is -0.0904. The molecule has 0 fully saturated rings. The van der Waals surface area contributed by atoms with Crippen molar-refractivity contribution in [3.63, 3.8) is 0 Å². The molecule has 9 heteroatoms. The first-order valence-electron chi connectivity index (χ1n) is 9.67. The highest BCUT2D eigenvalue weighted by atomic mass is 32.2. The number of hydrogen-bond donors (Lipinski definition) is 3. The third-order valence-electron chi connectivity index (χ3n) is 4.86. The summed E-state index contributed by atoms with van der Waals surface area (Å²) in [4.78, 5) is 4.36. The summed E-state index contributed by atoms with van der Waals surface area (Å²) in [6, 6.07) is 17.1. The van der Waals surface area contributed by atoms with Crippen molar-refractivity contribution in [3.05, 3.63) is 65.4 Å². The van der Waals surface area contributed by atoms with Gasteiger partial charge in [-0.05, 0) is 29.3 Å². The molecule has 2 aromatic heterocycles. The van der Waals surface area contributed by atoms with Crippen LogP contribution in [0.5, 0.6) is 5.75 Å². The average Bonchev–Trinajstić information content (AvgIpc) is 3.31. The molecule has 4 N–H and O–H groups in total. The zero-order valence-electron chi connectivity index (χ0n) is 16.9. The van der Waals surface area contributed by atoms with Crippen LogP contribution in [-0.4, -0.2) is 33.5 Å². The highest BCUT2D eigenvalue weighted by molar-refractivity contribution is 7.98. The molecule has 0 amide bonds. The topological polar surface area (TPSA) is 145 Å². The van der Waals surface area contributed by atoms with E-state index in [9.17, 15) is 10.5 Å². The number of hydrogen-bond acceptors (Lipinski definition) is 8. The van der Waals surface area contributed by atoms with Gasteiger partial charge < -0.3 is 15.6 Å². The normalized spacial score (nSPS) is 10.6. The largest absolute Gasteiger partial charge is 0.491 e. The number of aliphatic hydroxyl groups is 1. The quantitative estimate of drug-likeness (QED) is 0.368. The molecule has 4 aromatic rings. The molecular formula is C23H18N6O2S. The number of rotatable bonds is 7. The maximum Gasteiger partial charge on any atom is 0.143 e. The number of ether oxygens (including phenoxy) is 1. The summed E-state index contributed by atoms with van der Waals surface area (Å²) in [5, 5.41) is 37.1. The van der Waals surface area contributed by atoms with Gasteiger partial charge in [-0.1, -0.05) is 24.3 Å². The summed E-state index contributed by atoms with van der Waals surface area (Å²) in [6.45, 7) is 0.0889. The number of pyridine rings is 1. The number of benzene rings is 2. The number of nitrogen functional groups attached to an aromatic ring is 1. The summed E-state index contributed by atoms with van der Waals surface area (Å²) in [6.07, 6.45) is 1.77. The Bertz CT molecular complexity index is 1350. The molecule has 158 valence electrons. The molecule has 0 spiro atoms. The molecule has 8 nitrogen and oxygen atoms in total. The van der Waals surface area contributed by atoms with Crippen LogP contribution in [0.15, 0.2) is 53.7 Å². The molecule has 4 rings (SSSR count). The molecule has 0 aliphatic rings. The number of H-pyrrole nitrogens is 1. The summed E-state index contributed by atoms with van der Waals surface area (Å²) in [5.74, 6) is 1.20. The lowest BCUT2D eigenvalue weighted by molar-refractivity contribution is 0.201. The van der Waals surface area contributed by atoms with Crippen LogP contribution in [-0.2, 0) is 5.75 Å². The number of nitrogens with one attached hydrogen (secondary N) is 1. The summed E-state index contributed by atoms with van der Waals surface area (Å²) in [5.41, 5.74) is 9.64. The summed E-state index contributed by atoms with van der Waals surface area (Å²) >= 11 is 1.38. The van der Waals surface area contributed by atoms with Crippen LogP contribution in [0, 0.1) is 22.7 Å². The van der Waals surface area contributed by atoms with Crippen molar-refractivity contribution >= 4 is 28.5 Å². The van der Waals surface area contributed by atoms with Crippen LogP contribution in [0.1, 0.15) is 16.7 Å². The Labute approximate surface area is 188 Å². The Morgan fingerprint density at radius 3 is 2.59 bits per heavy atom. The molecule has 0 saturated carbocycles. The molecular weight excluding hydrogens is 424 g/mol. The smallest absolute Gasteiger partial charge is 0.143 e. The minimum Gasteiger partial charge on any atom is -0.491 e. The van der Waals surface area contributed by atoms with E-state index in [1.54, 1.807) is 30.5 Å². The van der Waals surface area contributed by atoms with Gasteiger partial charge in [0.1, 0.15) is 40.9 Å². The molecule has 2 heterocycles. The third kappa shape index (κ3) is 4.08. The minimum absolute atomic E-state index is 0.0751. The van der Waals surface area contributed by atoms with E-state index in [1.807, 2.05) is 18.2 Å². The fourth-order valence-corrected chi connectivity index (χ4v) is 4.37. The maximum absolute atomic E-state index is 9.96. The average molecular weight is 443 g/mol. The van der Waals surface area contributed by atoms with Crippen LogP contribution >= 0.6 is 11.8 Å². The molecule has 0 saturated heterocycles. The summed E-state index contributed by atoms with van der Waals surface area (Å²) in [7, 11) is 0. The molecule has 0 radical (unpaired) electrons. The van der Waals surface area contributed by atoms with Crippen LogP contribution < -0.4 is 10.5 Å². The molecule has 0 aliphatic carbocycles. The monoisotopic (exact) mass is 442 g/mol. The van der Waals surface area contributed by atoms with Crippen LogP contribution in [0.4, 0.5) is 5.82 Å². The van der Waals surface area contributed by atoms with E-state index in [2.05, 4.69) is 27.3 Å². The van der Waals surface area contributed by atoms with Crippen molar-refractivity contribution in [2.75, 3.05) is 18.9 Å². The van der Waals surface area contributed by atoms with Gasteiger partial charge in [0.25, 0.3) is 0 Å². The number of aliphatic hydroxyl groups excluding tert-OH is 1. The van der Waals surface area contributed by atoms with Crippen molar-refractivity contribution in [2.24, 2.45) is 0 Å². The fraction of sp³-hybridized carbons (Fsp3) is 0.130. The fourth-order valence-electron chi connectivity index (χ4n) is 3.37. The molecule has 0 unspecified atom stereocenters. The number of fused-ring (bicyclic) bond motifs is 1. The van der Waals surface area contributed by atoms with E-state index in [0.717, 1.165) is 16.5 Å². The van der Waals surface area contributed by atoms with Crippen molar-refractivity contribution in [3.8, 4) is 29.0 Å². The first kappa shape index (κ1) is 21.2. The lowest BCUT2D eigenvalue weighted by atomic mass is 9.97. The molecule has 0 atom stereocenters. The number of aromatic amines is 1. The Morgan fingerprint density at radius 2 is 1.88 bits per heavy atom. The standard InChI is InChI=1S/C23H18N6O2S/c24-10-17-21(14-4-6-16(7-5-14)31-9-8-30)18(11-25)23(28-22(17)26)32-13-15-2-1-3-20-19(15)12-27-29-20/h1-7,12,30H,8-9,13H2,(H2,26,28)(H,27,29). The highest BCUT2D eigenvalue weighted by Gasteiger charge is 2.21. The Kier molecular flexibility index (Phi) is 6.22. The van der Waals surface area contributed by atoms with Gasteiger partial charge in [-0.15, -0.1) is 11.8 Å². The Morgan fingerprint density at radius 1 is 1.09 bits per heavy atom. The second-order valence-corrected chi connectivity index (χ2v) is 7.75. The van der Waals surface area contributed by atoms with Crippen molar-refractivity contribution in [1.29, 1.82) is 10.5 Å². The maximum atomic E-state index is 9.96. The molecule has 2 aromatic carbocycles. The Balaban J connectivity index is 1.73. The van der Waals surface area contributed by atoms with Gasteiger partial charge in [0.05, 0.1) is 23.9 Å². The third-order valence-corrected chi connectivity index (χ3v) is 5.88. The SMILES string of the molecule is N#Cc1c(N)nc(SCc2cccc3[nH]ncc23)c(C#N)c1-c1ccc(OCCO)cc1. The number of nitriles is 2. The highest BCUT2D eigenvalue weighted by Crippen LogP contribution is 2.37.